The summed E-state index contributed by atoms with van der Waals surface area (Å²) in [5.74, 6) is -2.68. The van der Waals surface area contributed by atoms with Gasteiger partial charge in [0.25, 0.3) is 0 Å². The highest BCUT2D eigenvalue weighted by Gasteiger charge is 2.25. The van der Waals surface area contributed by atoms with Crippen LogP contribution in [0.5, 0.6) is 0 Å². The molecule has 0 spiro atoms. The molecule has 130 valence electrons. The van der Waals surface area contributed by atoms with Crippen molar-refractivity contribution in [2.45, 2.75) is 19.8 Å². The predicted molar refractivity (Wildman–Crippen MR) is 95.8 cm³/mol. The van der Waals surface area contributed by atoms with Gasteiger partial charge in [-0.1, -0.05) is 18.7 Å². The maximum Gasteiger partial charge on any atom is 0.323 e. The molecule has 0 fully saturated rings. The Hall–Kier alpha value is -2.47. The van der Waals surface area contributed by atoms with Crippen molar-refractivity contribution in [1.29, 1.82) is 0 Å². The molecule has 1 aromatic heterocycles. The Kier molecular flexibility index (Phi) is 4.72. The Morgan fingerprint density at radius 3 is 2.80 bits per heavy atom. The minimum Gasteiger partial charge on any atom is -0.480 e. The molecule has 0 saturated carbocycles. The largest absolute Gasteiger partial charge is 0.480 e. The maximum absolute atomic E-state index is 13.9. The molecule has 25 heavy (non-hydrogen) atoms. The van der Waals surface area contributed by atoms with Gasteiger partial charge in [0, 0.05) is 10.6 Å². The first-order valence-electron chi connectivity index (χ1n) is 7.79. The number of carboxylic acid groups (broad SMARTS) is 1. The molecule has 1 aliphatic rings. The van der Waals surface area contributed by atoms with E-state index in [0.717, 1.165) is 32.8 Å². The smallest absolute Gasteiger partial charge is 0.323 e. The molecular weight excluding hydrogens is 344 g/mol. The number of halogens is 2. The topological polar surface area (TPSA) is 40.5 Å². The van der Waals surface area contributed by atoms with E-state index in [0.29, 0.717) is 6.42 Å². The molecule has 3 nitrogen and oxygen atoms in total. The van der Waals surface area contributed by atoms with Crippen LogP contribution in [-0.2, 0) is 11.2 Å². The van der Waals surface area contributed by atoms with Crippen LogP contribution >= 0.6 is 11.3 Å². The third-order valence-electron chi connectivity index (χ3n) is 4.08. The third kappa shape index (κ3) is 3.49. The summed E-state index contributed by atoms with van der Waals surface area (Å²) in [4.78, 5) is 15.0. The van der Waals surface area contributed by atoms with Crippen molar-refractivity contribution < 1.29 is 18.7 Å². The maximum atomic E-state index is 13.9. The lowest BCUT2D eigenvalue weighted by Gasteiger charge is -2.30. The Morgan fingerprint density at radius 2 is 2.08 bits per heavy atom. The second-order valence-corrected chi connectivity index (χ2v) is 7.18. The van der Waals surface area contributed by atoms with Gasteiger partial charge >= 0.3 is 5.97 Å². The average Bonchev–Trinajstić information content (AvgIpc) is 2.94. The van der Waals surface area contributed by atoms with Gasteiger partial charge in [0.05, 0.1) is 10.6 Å². The molecule has 1 aliphatic heterocycles. The number of rotatable bonds is 5. The molecule has 0 saturated heterocycles. The zero-order valence-electron chi connectivity index (χ0n) is 13.7. The number of allylic oxidation sites excluding steroid dienone is 3. The molecular formula is C19H17F2NO2S. The number of anilines is 1. The molecule has 3 rings (SSSR count). The number of aliphatic carboxylic acids is 1. The van der Waals surface area contributed by atoms with E-state index in [2.05, 4.69) is 6.58 Å². The van der Waals surface area contributed by atoms with Crippen molar-refractivity contribution in [3.8, 4) is 0 Å². The number of carbonyl (C=O) groups is 1. The van der Waals surface area contributed by atoms with Crippen LogP contribution in [0.4, 0.5) is 14.5 Å². The van der Waals surface area contributed by atoms with Gasteiger partial charge in [-0.05, 0) is 49.1 Å². The summed E-state index contributed by atoms with van der Waals surface area (Å²) >= 11 is 1.56. The zero-order valence-corrected chi connectivity index (χ0v) is 14.5. The number of hydrogen-bond acceptors (Lipinski definition) is 3. The molecule has 2 heterocycles. The molecule has 6 heteroatoms. The molecule has 0 radical (unpaired) electrons. The lowest BCUT2D eigenvalue weighted by atomic mass is 10.0. The highest BCUT2D eigenvalue weighted by molar-refractivity contribution is 7.13. The van der Waals surface area contributed by atoms with Crippen molar-refractivity contribution in [3.63, 3.8) is 0 Å². The highest BCUT2D eigenvalue weighted by Crippen LogP contribution is 2.42. The highest BCUT2D eigenvalue weighted by atomic mass is 32.1. The van der Waals surface area contributed by atoms with Crippen molar-refractivity contribution in [2.75, 3.05) is 11.4 Å². The summed E-state index contributed by atoms with van der Waals surface area (Å²) in [7, 11) is 0. The first-order valence-corrected chi connectivity index (χ1v) is 8.61. The molecule has 0 amide bonds. The van der Waals surface area contributed by atoms with Crippen molar-refractivity contribution >= 4 is 28.6 Å². The first-order chi connectivity index (χ1) is 11.9. The second-order valence-electron chi connectivity index (χ2n) is 5.93. The minimum absolute atomic E-state index is 0.187. The fraction of sp³-hybridized carbons (Fsp3) is 0.211. The molecule has 0 unspecified atom stereocenters. The average molecular weight is 361 g/mol. The van der Waals surface area contributed by atoms with Crippen LogP contribution in [0, 0.1) is 18.6 Å². The fourth-order valence-electron chi connectivity index (χ4n) is 2.96. The van der Waals surface area contributed by atoms with Crippen LogP contribution in [-0.4, -0.2) is 17.6 Å². The Labute approximate surface area is 148 Å². The van der Waals surface area contributed by atoms with Crippen LogP contribution in [0.1, 0.15) is 21.7 Å². The zero-order chi connectivity index (χ0) is 18.1. The number of nitrogens with zero attached hydrogens (tertiary/aromatic N) is 1. The Balaban J connectivity index is 1.89. The second kappa shape index (κ2) is 6.80. The van der Waals surface area contributed by atoms with Gasteiger partial charge in [-0.3, -0.25) is 4.79 Å². The van der Waals surface area contributed by atoms with Gasteiger partial charge in [-0.15, -0.1) is 11.3 Å². The van der Waals surface area contributed by atoms with Crippen molar-refractivity contribution in [1.82, 2.24) is 0 Å². The van der Waals surface area contributed by atoms with Crippen molar-refractivity contribution in [3.05, 3.63) is 69.6 Å². The molecule has 0 aliphatic carbocycles. The van der Waals surface area contributed by atoms with E-state index in [1.54, 1.807) is 22.3 Å². The predicted octanol–water partition coefficient (Wildman–Crippen LogP) is 4.77. The van der Waals surface area contributed by atoms with Crippen LogP contribution in [0.2, 0.25) is 0 Å². The summed E-state index contributed by atoms with van der Waals surface area (Å²) in [5, 5.41) is 9.25. The number of carboxylic acids is 1. The summed E-state index contributed by atoms with van der Waals surface area (Å²) in [6, 6.07) is 6.03. The lowest BCUT2D eigenvalue weighted by molar-refractivity contribution is -0.135. The summed E-state index contributed by atoms with van der Waals surface area (Å²) in [5.41, 5.74) is 2.63. The monoisotopic (exact) mass is 361 g/mol. The molecule has 0 bridgehead atoms. The van der Waals surface area contributed by atoms with Crippen LogP contribution in [0.3, 0.4) is 0 Å². The van der Waals surface area contributed by atoms with Crippen molar-refractivity contribution in [2.24, 2.45) is 0 Å². The standard InChI is InChI=1S/C19H17F2NO2S/c1-11-8-14(7-6-13-4-3-5-15(20)18(13)21)22(10-17(23)24)16-9-12(2)25-19(11)16/h3-5,8-9H,1,6-7,10H2,2H3,(H,23,24). The normalized spacial score (nSPS) is 13.6. The lowest BCUT2D eigenvalue weighted by Crippen LogP contribution is -2.31. The SMILES string of the molecule is C=C1C=C(CCc2cccc(F)c2F)N(CC(=O)O)c2cc(C)sc21. The van der Waals surface area contributed by atoms with E-state index in [-0.39, 0.29) is 18.5 Å². The summed E-state index contributed by atoms with van der Waals surface area (Å²) in [6.45, 7) is 5.81. The summed E-state index contributed by atoms with van der Waals surface area (Å²) in [6.07, 6.45) is 2.50. The molecule has 0 atom stereocenters. The number of fused-ring (bicyclic) bond motifs is 1. The number of thiophene rings is 1. The van der Waals surface area contributed by atoms with Gasteiger partial charge in [0.15, 0.2) is 11.6 Å². The molecule has 1 N–H and O–H groups in total. The van der Waals surface area contributed by atoms with E-state index < -0.39 is 17.6 Å². The minimum atomic E-state index is -0.954. The first kappa shape index (κ1) is 17.4. The third-order valence-corrected chi connectivity index (χ3v) is 5.20. The van der Waals surface area contributed by atoms with E-state index in [1.807, 2.05) is 19.1 Å². The number of benzene rings is 1. The Bertz CT molecular complexity index is 886. The number of aryl methyl sites for hydroxylation is 2. The molecule has 1 aromatic carbocycles. The van der Waals surface area contributed by atoms with Crippen LogP contribution in [0.25, 0.3) is 5.57 Å². The quantitative estimate of drug-likeness (QED) is 0.834. The van der Waals surface area contributed by atoms with E-state index in [4.69, 9.17) is 0 Å². The van der Waals surface area contributed by atoms with E-state index >= 15 is 0 Å². The van der Waals surface area contributed by atoms with E-state index in [9.17, 15) is 18.7 Å². The van der Waals surface area contributed by atoms with Crippen LogP contribution < -0.4 is 4.90 Å². The fourth-order valence-corrected chi connectivity index (χ4v) is 3.92. The van der Waals surface area contributed by atoms with Gasteiger partial charge < -0.3 is 10.0 Å². The van der Waals surface area contributed by atoms with Crippen LogP contribution in [0.15, 0.2) is 42.6 Å². The van der Waals surface area contributed by atoms with Gasteiger partial charge in [0.1, 0.15) is 6.54 Å². The van der Waals surface area contributed by atoms with Gasteiger partial charge in [-0.25, -0.2) is 8.78 Å². The van der Waals surface area contributed by atoms with Gasteiger partial charge in [-0.2, -0.15) is 0 Å². The van der Waals surface area contributed by atoms with Gasteiger partial charge in [0.2, 0.25) is 0 Å². The van der Waals surface area contributed by atoms with E-state index in [1.165, 1.54) is 6.07 Å². The number of hydrogen-bond donors (Lipinski definition) is 1. The Morgan fingerprint density at radius 1 is 1.32 bits per heavy atom. The summed E-state index contributed by atoms with van der Waals surface area (Å²) < 4.78 is 27.2. The molecule has 2 aromatic rings.